The van der Waals surface area contributed by atoms with E-state index in [0.717, 1.165) is 12.8 Å². The molecule has 0 saturated carbocycles. The van der Waals surface area contributed by atoms with Crippen molar-refractivity contribution in [1.29, 1.82) is 5.26 Å². The smallest absolute Gasteiger partial charge is 0.251 e. The molecule has 3 nitrogen and oxygen atoms in total. The summed E-state index contributed by atoms with van der Waals surface area (Å²) < 4.78 is 0. The SMILES string of the molecule is CC.N#Cc1cccc(C(=O)NCCCc2ccccc2)c1. The minimum atomic E-state index is -0.129. The first kappa shape index (κ1) is 17.5. The Morgan fingerprint density at radius 1 is 1.09 bits per heavy atom. The van der Waals surface area contributed by atoms with Crippen molar-refractivity contribution in [3.05, 3.63) is 71.3 Å². The quantitative estimate of drug-likeness (QED) is 0.849. The molecular formula is C19H22N2O. The van der Waals surface area contributed by atoms with Crippen LogP contribution in [0.1, 0.15) is 41.8 Å². The molecular weight excluding hydrogens is 272 g/mol. The number of carbonyl (C=O) groups excluding carboxylic acids is 1. The molecule has 0 aromatic heterocycles. The number of hydrogen-bond donors (Lipinski definition) is 1. The summed E-state index contributed by atoms with van der Waals surface area (Å²) >= 11 is 0. The zero-order chi connectivity index (χ0) is 16.2. The Morgan fingerprint density at radius 2 is 1.82 bits per heavy atom. The molecule has 0 fully saturated rings. The van der Waals surface area contributed by atoms with Gasteiger partial charge in [-0.3, -0.25) is 4.79 Å². The number of carbonyl (C=O) groups is 1. The molecule has 1 N–H and O–H groups in total. The van der Waals surface area contributed by atoms with Crippen LogP contribution in [0.5, 0.6) is 0 Å². The van der Waals surface area contributed by atoms with E-state index in [-0.39, 0.29) is 5.91 Å². The van der Waals surface area contributed by atoms with E-state index < -0.39 is 0 Å². The molecule has 0 spiro atoms. The van der Waals surface area contributed by atoms with Crippen molar-refractivity contribution >= 4 is 5.91 Å². The summed E-state index contributed by atoms with van der Waals surface area (Å²) in [6, 6.07) is 18.9. The average Bonchev–Trinajstić information content (AvgIpc) is 2.61. The van der Waals surface area contributed by atoms with E-state index in [2.05, 4.69) is 17.4 Å². The maximum atomic E-state index is 11.9. The second-order valence-electron chi connectivity index (χ2n) is 4.54. The molecule has 0 saturated heterocycles. The van der Waals surface area contributed by atoms with E-state index in [1.165, 1.54) is 5.56 Å². The monoisotopic (exact) mass is 294 g/mol. The van der Waals surface area contributed by atoms with Gasteiger partial charge in [-0.2, -0.15) is 5.26 Å². The summed E-state index contributed by atoms with van der Waals surface area (Å²) in [5.74, 6) is -0.129. The number of benzene rings is 2. The third-order valence-corrected chi connectivity index (χ3v) is 3.02. The largest absolute Gasteiger partial charge is 0.352 e. The molecule has 0 aliphatic rings. The Balaban J connectivity index is 0.00000116. The Kier molecular flexibility index (Phi) is 8.07. The van der Waals surface area contributed by atoms with E-state index in [9.17, 15) is 4.79 Å². The number of rotatable bonds is 5. The first-order valence-corrected chi connectivity index (χ1v) is 7.62. The van der Waals surface area contributed by atoms with Gasteiger partial charge in [-0.1, -0.05) is 50.2 Å². The lowest BCUT2D eigenvalue weighted by Gasteiger charge is -2.05. The van der Waals surface area contributed by atoms with Crippen LogP contribution in [0.4, 0.5) is 0 Å². The minimum Gasteiger partial charge on any atom is -0.352 e. The molecule has 3 heteroatoms. The maximum absolute atomic E-state index is 11.9. The van der Waals surface area contributed by atoms with Gasteiger partial charge in [0.2, 0.25) is 0 Å². The summed E-state index contributed by atoms with van der Waals surface area (Å²) in [5, 5.41) is 11.7. The van der Waals surface area contributed by atoms with Gasteiger partial charge in [0.15, 0.2) is 0 Å². The van der Waals surface area contributed by atoms with Crippen molar-refractivity contribution in [3.63, 3.8) is 0 Å². The number of amides is 1. The summed E-state index contributed by atoms with van der Waals surface area (Å²) in [6.45, 7) is 4.63. The predicted octanol–water partition coefficient (Wildman–Crippen LogP) is 3.95. The topological polar surface area (TPSA) is 52.9 Å². The molecule has 2 aromatic rings. The standard InChI is InChI=1S/C17H16N2O.C2H6/c18-13-15-8-4-10-16(12-15)17(20)19-11-5-9-14-6-2-1-3-7-14;1-2/h1-4,6-8,10,12H,5,9,11H2,(H,19,20);1-2H3. The Bertz CT molecular complexity index is 615. The molecule has 0 heterocycles. The second kappa shape index (κ2) is 10.2. The molecule has 2 aromatic carbocycles. The van der Waals surface area contributed by atoms with Crippen LogP contribution in [0.15, 0.2) is 54.6 Å². The highest BCUT2D eigenvalue weighted by atomic mass is 16.1. The van der Waals surface area contributed by atoms with Crippen molar-refractivity contribution in [3.8, 4) is 6.07 Å². The highest BCUT2D eigenvalue weighted by molar-refractivity contribution is 5.94. The molecule has 0 aliphatic heterocycles. The van der Waals surface area contributed by atoms with Crippen molar-refractivity contribution in [1.82, 2.24) is 5.32 Å². The molecule has 0 aliphatic carbocycles. The van der Waals surface area contributed by atoms with Crippen LogP contribution in [-0.4, -0.2) is 12.5 Å². The average molecular weight is 294 g/mol. The van der Waals surface area contributed by atoms with E-state index in [1.54, 1.807) is 24.3 Å². The molecule has 2 rings (SSSR count). The van der Waals surface area contributed by atoms with Crippen LogP contribution < -0.4 is 5.32 Å². The van der Waals surface area contributed by atoms with Gasteiger partial charge in [-0.05, 0) is 36.6 Å². The van der Waals surface area contributed by atoms with Crippen LogP contribution in [0.3, 0.4) is 0 Å². The number of aryl methyl sites for hydroxylation is 1. The lowest BCUT2D eigenvalue weighted by molar-refractivity contribution is 0.0953. The van der Waals surface area contributed by atoms with Crippen LogP contribution in [0, 0.1) is 11.3 Å². The number of nitriles is 1. The second-order valence-corrected chi connectivity index (χ2v) is 4.54. The van der Waals surface area contributed by atoms with Gasteiger partial charge in [-0.25, -0.2) is 0 Å². The fraction of sp³-hybridized carbons (Fsp3) is 0.263. The molecule has 0 radical (unpaired) electrons. The number of nitrogens with zero attached hydrogens (tertiary/aromatic N) is 1. The molecule has 0 bridgehead atoms. The lowest BCUT2D eigenvalue weighted by atomic mass is 10.1. The van der Waals surface area contributed by atoms with Gasteiger partial charge in [0.05, 0.1) is 11.6 Å². The summed E-state index contributed by atoms with van der Waals surface area (Å²) in [5.41, 5.74) is 2.30. The Labute approximate surface area is 132 Å². The van der Waals surface area contributed by atoms with Crippen LogP contribution >= 0.6 is 0 Å². The van der Waals surface area contributed by atoms with Gasteiger partial charge in [-0.15, -0.1) is 0 Å². The van der Waals surface area contributed by atoms with Crippen molar-refractivity contribution in [2.45, 2.75) is 26.7 Å². The van der Waals surface area contributed by atoms with Gasteiger partial charge in [0.1, 0.15) is 0 Å². The Hall–Kier alpha value is -2.60. The van der Waals surface area contributed by atoms with Crippen molar-refractivity contribution < 1.29 is 4.79 Å². The normalized spacial score (nSPS) is 9.14. The number of nitrogens with one attached hydrogen (secondary N) is 1. The fourth-order valence-corrected chi connectivity index (χ4v) is 1.97. The zero-order valence-corrected chi connectivity index (χ0v) is 13.2. The summed E-state index contributed by atoms with van der Waals surface area (Å²) in [4.78, 5) is 11.9. The molecule has 0 atom stereocenters. The summed E-state index contributed by atoms with van der Waals surface area (Å²) in [7, 11) is 0. The first-order chi connectivity index (χ1) is 10.8. The zero-order valence-electron chi connectivity index (χ0n) is 13.2. The van der Waals surface area contributed by atoms with Crippen LogP contribution in [0.2, 0.25) is 0 Å². The van der Waals surface area contributed by atoms with Gasteiger partial charge in [0, 0.05) is 12.1 Å². The molecule has 22 heavy (non-hydrogen) atoms. The molecule has 1 amide bonds. The maximum Gasteiger partial charge on any atom is 0.251 e. The lowest BCUT2D eigenvalue weighted by Crippen LogP contribution is -2.24. The van der Waals surface area contributed by atoms with E-state index in [4.69, 9.17) is 5.26 Å². The van der Waals surface area contributed by atoms with E-state index >= 15 is 0 Å². The predicted molar refractivity (Wildman–Crippen MR) is 89.6 cm³/mol. The van der Waals surface area contributed by atoms with E-state index in [1.807, 2.05) is 38.1 Å². The fourth-order valence-electron chi connectivity index (χ4n) is 1.97. The number of hydrogen-bond acceptors (Lipinski definition) is 2. The van der Waals surface area contributed by atoms with Gasteiger partial charge >= 0.3 is 0 Å². The van der Waals surface area contributed by atoms with Crippen LogP contribution in [0.25, 0.3) is 0 Å². The van der Waals surface area contributed by atoms with Crippen LogP contribution in [-0.2, 0) is 6.42 Å². The van der Waals surface area contributed by atoms with Gasteiger partial charge < -0.3 is 5.32 Å². The minimum absolute atomic E-state index is 0.129. The highest BCUT2D eigenvalue weighted by Gasteiger charge is 2.05. The van der Waals surface area contributed by atoms with E-state index in [0.29, 0.717) is 17.7 Å². The molecule has 114 valence electrons. The van der Waals surface area contributed by atoms with Gasteiger partial charge in [0.25, 0.3) is 5.91 Å². The third kappa shape index (κ3) is 5.80. The summed E-state index contributed by atoms with van der Waals surface area (Å²) in [6.07, 6.45) is 1.84. The van der Waals surface area contributed by atoms with Crippen molar-refractivity contribution in [2.24, 2.45) is 0 Å². The van der Waals surface area contributed by atoms with Crippen molar-refractivity contribution in [2.75, 3.05) is 6.54 Å². The Morgan fingerprint density at radius 3 is 2.50 bits per heavy atom. The first-order valence-electron chi connectivity index (χ1n) is 7.62. The third-order valence-electron chi connectivity index (χ3n) is 3.02. The highest BCUT2D eigenvalue weighted by Crippen LogP contribution is 2.05. The molecule has 0 unspecified atom stereocenters.